The second kappa shape index (κ2) is 5.74. The average Bonchev–Trinajstić information content (AvgIpc) is 2.90. The van der Waals surface area contributed by atoms with Crippen molar-refractivity contribution in [2.45, 2.75) is 37.3 Å². The maximum absolute atomic E-state index is 14.1. The van der Waals surface area contributed by atoms with E-state index in [0.717, 1.165) is 31.7 Å². The summed E-state index contributed by atoms with van der Waals surface area (Å²) in [6, 6.07) is 1.98. The van der Waals surface area contributed by atoms with Crippen LogP contribution < -0.4 is 5.32 Å². The summed E-state index contributed by atoms with van der Waals surface area (Å²) in [4.78, 5) is 2.07. The summed E-state index contributed by atoms with van der Waals surface area (Å²) in [5.41, 5.74) is -0.0677. The molecule has 1 atom stereocenters. The predicted octanol–water partition coefficient (Wildman–Crippen LogP) is 3.24. The third-order valence-corrected chi connectivity index (χ3v) is 4.56. The van der Waals surface area contributed by atoms with Crippen LogP contribution in [-0.2, 0) is 0 Å². The SMILES string of the molecule is CNC(c1ccc(F)c(F)c1F)C1(N(C)C)CCCC1. The van der Waals surface area contributed by atoms with E-state index in [0.29, 0.717) is 0 Å². The third kappa shape index (κ3) is 2.33. The largest absolute Gasteiger partial charge is 0.311 e. The van der Waals surface area contributed by atoms with Gasteiger partial charge in [-0.05, 0) is 40.1 Å². The molecule has 112 valence electrons. The Bertz CT molecular complexity index is 482. The summed E-state index contributed by atoms with van der Waals surface area (Å²) in [6.07, 6.45) is 3.93. The van der Waals surface area contributed by atoms with Crippen molar-refractivity contribution in [3.05, 3.63) is 35.1 Å². The minimum Gasteiger partial charge on any atom is -0.311 e. The van der Waals surface area contributed by atoms with Crippen LogP contribution in [0.4, 0.5) is 13.2 Å². The van der Waals surface area contributed by atoms with E-state index in [4.69, 9.17) is 0 Å². The molecule has 1 aliphatic rings. The zero-order valence-electron chi connectivity index (χ0n) is 12.1. The van der Waals surface area contributed by atoms with Crippen molar-refractivity contribution in [3.8, 4) is 0 Å². The molecule has 2 rings (SSSR count). The molecule has 1 aromatic carbocycles. The van der Waals surface area contributed by atoms with Crippen LogP contribution in [0.5, 0.6) is 0 Å². The standard InChI is InChI=1S/C15H21F3N2/c1-19-14(15(20(2)3)8-4-5-9-15)10-6-7-11(16)13(18)12(10)17/h6-7,14,19H,4-5,8-9H2,1-3H3. The molecule has 2 nitrogen and oxygen atoms in total. The number of halogens is 3. The lowest BCUT2D eigenvalue weighted by molar-refractivity contribution is 0.106. The molecule has 1 fully saturated rings. The number of hydrogen-bond donors (Lipinski definition) is 1. The number of likely N-dealkylation sites (N-methyl/N-ethyl adjacent to an activating group) is 2. The van der Waals surface area contributed by atoms with Crippen LogP contribution in [-0.4, -0.2) is 31.6 Å². The van der Waals surface area contributed by atoms with E-state index in [1.54, 1.807) is 7.05 Å². The Morgan fingerprint density at radius 1 is 1.10 bits per heavy atom. The summed E-state index contributed by atoms with van der Waals surface area (Å²) in [7, 11) is 5.63. The van der Waals surface area contributed by atoms with Gasteiger partial charge in [-0.1, -0.05) is 18.9 Å². The molecule has 5 heteroatoms. The minimum absolute atomic E-state index is 0.196. The maximum atomic E-state index is 14.1. The molecule has 1 saturated carbocycles. The molecule has 0 spiro atoms. The molecular weight excluding hydrogens is 265 g/mol. The van der Waals surface area contributed by atoms with Crippen molar-refractivity contribution in [2.24, 2.45) is 0 Å². The second-order valence-electron chi connectivity index (χ2n) is 5.69. The number of nitrogens with zero attached hydrogens (tertiary/aromatic N) is 1. The van der Waals surface area contributed by atoms with Crippen molar-refractivity contribution in [2.75, 3.05) is 21.1 Å². The number of rotatable bonds is 4. The Balaban J connectivity index is 2.49. The molecule has 1 unspecified atom stereocenters. The molecule has 0 saturated heterocycles. The summed E-state index contributed by atoms with van der Waals surface area (Å²) < 4.78 is 40.7. The van der Waals surface area contributed by atoms with Crippen molar-refractivity contribution >= 4 is 0 Å². The van der Waals surface area contributed by atoms with Crippen LogP contribution in [0.15, 0.2) is 12.1 Å². The van der Waals surface area contributed by atoms with Gasteiger partial charge in [-0.25, -0.2) is 13.2 Å². The summed E-state index contributed by atoms with van der Waals surface area (Å²) in [5, 5.41) is 3.10. The van der Waals surface area contributed by atoms with E-state index in [1.165, 1.54) is 6.07 Å². The van der Waals surface area contributed by atoms with Gasteiger partial charge in [-0.3, -0.25) is 0 Å². The lowest BCUT2D eigenvalue weighted by atomic mass is 9.82. The Morgan fingerprint density at radius 3 is 2.20 bits per heavy atom. The van der Waals surface area contributed by atoms with E-state index in [1.807, 2.05) is 14.1 Å². The fourth-order valence-corrected chi connectivity index (χ4v) is 3.46. The van der Waals surface area contributed by atoms with Crippen molar-refractivity contribution < 1.29 is 13.2 Å². The number of benzene rings is 1. The maximum Gasteiger partial charge on any atom is 0.194 e. The molecule has 0 amide bonds. The molecule has 1 aromatic rings. The molecule has 0 aliphatic heterocycles. The van der Waals surface area contributed by atoms with Crippen molar-refractivity contribution in [1.82, 2.24) is 10.2 Å². The van der Waals surface area contributed by atoms with Crippen LogP contribution in [0, 0.1) is 17.5 Å². The van der Waals surface area contributed by atoms with Gasteiger partial charge in [0.15, 0.2) is 17.5 Å². The lowest BCUT2D eigenvalue weighted by Gasteiger charge is -2.43. The van der Waals surface area contributed by atoms with E-state index >= 15 is 0 Å². The van der Waals surface area contributed by atoms with Gasteiger partial charge >= 0.3 is 0 Å². The molecule has 1 N–H and O–H groups in total. The summed E-state index contributed by atoms with van der Waals surface area (Å²) >= 11 is 0. The minimum atomic E-state index is -1.39. The molecule has 0 radical (unpaired) electrons. The highest BCUT2D eigenvalue weighted by molar-refractivity contribution is 5.27. The molecule has 0 heterocycles. The second-order valence-corrected chi connectivity index (χ2v) is 5.69. The topological polar surface area (TPSA) is 15.3 Å². The summed E-state index contributed by atoms with van der Waals surface area (Å²) in [5.74, 6) is -3.63. The normalized spacial score (nSPS) is 19.6. The van der Waals surface area contributed by atoms with E-state index in [9.17, 15) is 13.2 Å². The molecule has 0 aromatic heterocycles. The average molecular weight is 286 g/mol. The van der Waals surface area contributed by atoms with Gasteiger partial charge in [-0.2, -0.15) is 0 Å². The van der Waals surface area contributed by atoms with Crippen molar-refractivity contribution in [1.29, 1.82) is 0 Å². The van der Waals surface area contributed by atoms with Crippen LogP contribution in [0.25, 0.3) is 0 Å². The Kier molecular flexibility index (Phi) is 4.39. The molecule has 0 bridgehead atoms. The van der Waals surface area contributed by atoms with Gasteiger partial charge in [0.05, 0.1) is 6.04 Å². The Morgan fingerprint density at radius 2 is 1.70 bits per heavy atom. The highest BCUT2D eigenvalue weighted by Crippen LogP contribution is 2.44. The first-order valence-electron chi connectivity index (χ1n) is 6.92. The first-order valence-corrected chi connectivity index (χ1v) is 6.92. The first-order chi connectivity index (χ1) is 9.44. The van der Waals surface area contributed by atoms with Crippen LogP contribution >= 0.6 is 0 Å². The van der Waals surface area contributed by atoms with Crippen LogP contribution in [0.1, 0.15) is 37.3 Å². The molecule has 1 aliphatic carbocycles. The third-order valence-electron chi connectivity index (χ3n) is 4.56. The highest BCUT2D eigenvalue weighted by Gasteiger charge is 2.44. The van der Waals surface area contributed by atoms with Gasteiger partial charge in [0, 0.05) is 11.1 Å². The van der Waals surface area contributed by atoms with Gasteiger partial charge < -0.3 is 10.2 Å². The number of hydrogen-bond acceptors (Lipinski definition) is 2. The predicted molar refractivity (Wildman–Crippen MR) is 73.0 cm³/mol. The fraction of sp³-hybridized carbons (Fsp3) is 0.600. The molecule has 20 heavy (non-hydrogen) atoms. The summed E-state index contributed by atoms with van der Waals surface area (Å²) in [6.45, 7) is 0. The van der Waals surface area contributed by atoms with E-state index in [-0.39, 0.29) is 17.1 Å². The van der Waals surface area contributed by atoms with Gasteiger partial charge in [0.25, 0.3) is 0 Å². The Hall–Kier alpha value is -1.07. The zero-order valence-corrected chi connectivity index (χ0v) is 12.1. The fourth-order valence-electron chi connectivity index (χ4n) is 3.46. The first kappa shape index (κ1) is 15.3. The van der Waals surface area contributed by atoms with Gasteiger partial charge in [0.2, 0.25) is 0 Å². The lowest BCUT2D eigenvalue weighted by Crippen LogP contribution is -2.51. The van der Waals surface area contributed by atoms with Crippen molar-refractivity contribution in [3.63, 3.8) is 0 Å². The molecular formula is C15H21F3N2. The smallest absolute Gasteiger partial charge is 0.194 e. The zero-order chi connectivity index (χ0) is 14.9. The van der Waals surface area contributed by atoms with Gasteiger partial charge in [0.1, 0.15) is 0 Å². The highest BCUT2D eigenvalue weighted by atomic mass is 19.2. The van der Waals surface area contributed by atoms with E-state index < -0.39 is 17.5 Å². The van der Waals surface area contributed by atoms with Gasteiger partial charge in [-0.15, -0.1) is 0 Å². The van der Waals surface area contributed by atoms with Crippen LogP contribution in [0.3, 0.4) is 0 Å². The number of nitrogens with one attached hydrogen (secondary N) is 1. The monoisotopic (exact) mass is 286 g/mol. The quantitative estimate of drug-likeness (QED) is 0.855. The van der Waals surface area contributed by atoms with E-state index in [2.05, 4.69) is 10.2 Å². The Labute approximate surface area is 118 Å². The van der Waals surface area contributed by atoms with Crippen LogP contribution in [0.2, 0.25) is 0 Å².